The molecule has 138 valence electrons. The molecule has 1 fully saturated rings. The van der Waals surface area contributed by atoms with Gasteiger partial charge in [-0.1, -0.05) is 24.4 Å². The van der Waals surface area contributed by atoms with E-state index in [0.29, 0.717) is 12.8 Å². The maximum Gasteiger partial charge on any atom is 0.308 e. The van der Waals surface area contributed by atoms with Crippen molar-refractivity contribution in [1.29, 1.82) is 0 Å². The predicted molar refractivity (Wildman–Crippen MR) is 90.8 cm³/mol. The highest BCUT2D eigenvalue weighted by atomic mass is 35.5. The fraction of sp³-hybridized carbons (Fsp3) is 0.533. The Morgan fingerprint density at radius 2 is 2.08 bits per heavy atom. The molecule has 0 saturated heterocycles. The van der Waals surface area contributed by atoms with Crippen LogP contribution in [0.15, 0.2) is 23.1 Å². The van der Waals surface area contributed by atoms with Crippen LogP contribution in [0.1, 0.15) is 25.7 Å². The van der Waals surface area contributed by atoms with Gasteiger partial charge in [0.25, 0.3) is 5.69 Å². The first-order valence-electron chi connectivity index (χ1n) is 7.77. The molecule has 1 saturated carbocycles. The lowest BCUT2D eigenvalue weighted by atomic mass is 9.79. The number of nitro benzene ring substituents is 1. The Bertz CT molecular complexity index is 767. The molecule has 1 aromatic rings. The molecule has 8 nitrogen and oxygen atoms in total. The number of halogens is 1. The van der Waals surface area contributed by atoms with Crippen LogP contribution in [0.25, 0.3) is 0 Å². The quantitative estimate of drug-likeness (QED) is 0.453. The molecule has 0 bridgehead atoms. The predicted octanol–water partition coefficient (Wildman–Crippen LogP) is 2.51. The number of carbonyl (C=O) groups excluding carboxylic acids is 1. The van der Waals surface area contributed by atoms with E-state index in [1.165, 1.54) is 19.2 Å². The zero-order valence-electron chi connectivity index (χ0n) is 13.6. The zero-order valence-corrected chi connectivity index (χ0v) is 15.2. The van der Waals surface area contributed by atoms with E-state index < -0.39 is 20.6 Å². The average molecular weight is 391 g/mol. The van der Waals surface area contributed by atoms with Crippen LogP contribution in [0.5, 0.6) is 0 Å². The van der Waals surface area contributed by atoms with Crippen LogP contribution in [-0.2, 0) is 19.6 Å². The molecule has 0 aromatic heterocycles. The molecule has 0 aliphatic heterocycles. The van der Waals surface area contributed by atoms with E-state index in [0.717, 1.165) is 18.9 Å². The van der Waals surface area contributed by atoms with Crippen molar-refractivity contribution in [2.75, 3.05) is 13.7 Å². The van der Waals surface area contributed by atoms with Crippen LogP contribution in [0.4, 0.5) is 5.69 Å². The minimum atomic E-state index is -3.95. The SMILES string of the molecule is COC(=O)C1CCCCC1CNS(=O)(=O)c1ccc(Cl)c([N+](=O)[O-])c1. The molecule has 1 N–H and O–H groups in total. The van der Waals surface area contributed by atoms with Gasteiger partial charge < -0.3 is 4.74 Å². The molecule has 0 radical (unpaired) electrons. The van der Waals surface area contributed by atoms with Crippen molar-refractivity contribution in [3.63, 3.8) is 0 Å². The standard InChI is InChI=1S/C15H19ClN2O6S/c1-24-15(19)12-5-3-2-4-10(12)9-17-25(22,23)11-6-7-13(16)14(8-11)18(20)21/h6-8,10,12,17H,2-5,9H2,1H3. The van der Waals surface area contributed by atoms with Crippen molar-refractivity contribution < 1.29 is 22.9 Å². The lowest BCUT2D eigenvalue weighted by Gasteiger charge is -2.29. The van der Waals surface area contributed by atoms with Gasteiger partial charge in [0.15, 0.2) is 0 Å². The molecule has 0 spiro atoms. The molecular formula is C15H19ClN2O6S. The van der Waals surface area contributed by atoms with Crippen molar-refractivity contribution >= 4 is 33.3 Å². The van der Waals surface area contributed by atoms with Gasteiger partial charge in [-0.05, 0) is 30.9 Å². The van der Waals surface area contributed by atoms with Gasteiger partial charge in [-0.2, -0.15) is 0 Å². The van der Waals surface area contributed by atoms with Gasteiger partial charge in [-0.3, -0.25) is 14.9 Å². The van der Waals surface area contributed by atoms with E-state index in [4.69, 9.17) is 16.3 Å². The van der Waals surface area contributed by atoms with Crippen LogP contribution < -0.4 is 4.72 Å². The number of rotatable bonds is 6. The van der Waals surface area contributed by atoms with Gasteiger partial charge >= 0.3 is 5.97 Å². The van der Waals surface area contributed by atoms with Crippen LogP contribution in [-0.4, -0.2) is 33.0 Å². The van der Waals surface area contributed by atoms with Crippen LogP contribution in [0, 0.1) is 22.0 Å². The van der Waals surface area contributed by atoms with E-state index in [2.05, 4.69) is 4.72 Å². The van der Waals surface area contributed by atoms with Gasteiger partial charge in [0.1, 0.15) is 5.02 Å². The number of sulfonamides is 1. The number of hydrogen-bond donors (Lipinski definition) is 1. The second kappa shape index (κ2) is 8.11. The second-order valence-corrected chi connectivity index (χ2v) is 8.07. The van der Waals surface area contributed by atoms with Crippen molar-refractivity contribution in [3.8, 4) is 0 Å². The molecule has 10 heteroatoms. The molecule has 0 amide bonds. The van der Waals surface area contributed by atoms with Gasteiger partial charge in [-0.15, -0.1) is 0 Å². The van der Waals surface area contributed by atoms with E-state index in [-0.39, 0.29) is 34.3 Å². The fourth-order valence-electron chi connectivity index (χ4n) is 3.01. The van der Waals surface area contributed by atoms with E-state index in [1.807, 2.05) is 0 Å². The van der Waals surface area contributed by atoms with Crippen molar-refractivity contribution in [1.82, 2.24) is 4.72 Å². The van der Waals surface area contributed by atoms with E-state index in [9.17, 15) is 23.3 Å². The smallest absolute Gasteiger partial charge is 0.308 e. The highest BCUT2D eigenvalue weighted by Crippen LogP contribution is 2.31. The number of nitrogens with one attached hydrogen (secondary N) is 1. The van der Waals surface area contributed by atoms with E-state index >= 15 is 0 Å². The Morgan fingerprint density at radius 3 is 2.72 bits per heavy atom. The van der Waals surface area contributed by atoms with Crippen LogP contribution in [0.3, 0.4) is 0 Å². The number of carbonyl (C=O) groups is 1. The average Bonchev–Trinajstić information content (AvgIpc) is 2.59. The summed E-state index contributed by atoms with van der Waals surface area (Å²) in [4.78, 5) is 21.8. The lowest BCUT2D eigenvalue weighted by molar-refractivity contribution is -0.384. The first-order valence-corrected chi connectivity index (χ1v) is 9.64. The zero-order chi connectivity index (χ0) is 18.6. The highest BCUT2D eigenvalue weighted by molar-refractivity contribution is 7.89. The van der Waals surface area contributed by atoms with Gasteiger partial charge in [0.05, 0.1) is 22.8 Å². The van der Waals surface area contributed by atoms with E-state index in [1.54, 1.807) is 0 Å². The molecule has 1 aliphatic rings. The summed E-state index contributed by atoms with van der Waals surface area (Å²) in [5.74, 6) is -0.856. The topological polar surface area (TPSA) is 116 Å². The minimum Gasteiger partial charge on any atom is -0.469 e. The molecule has 1 aliphatic carbocycles. The first kappa shape index (κ1) is 19.6. The third kappa shape index (κ3) is 4.68. The summed E-state index contributed by atoms with van der Waals surface area (Å²) >= 11 is 5.70. The molecule has 25 heavy (non-hydrogen) atoms. The third-order valence-electron chi connectivity index (χ3n) is 4.37. The number of benzene rings is 1. The summed E-state index contributed by atoms with van der Waals surface area (Å²) in [5, 5.41) is 10.8. The van der Waals surface area contributed by atoms with Crippen molar-refractivity contribution in [3.05, 3.63) is 33.3 Å². The number of nitrogens with zero attached hydrogens (tertiary/aromatic N) is 1. The Kier molecular flexibility index (Phi) is 6.36. The Morgan fingerprint density at radius 1 is 1.40 bits per heavy atom. The van der Waals surface area contributed by atoms with Gasteiger partial charge in [-0.25, -0.2) is 13.1 Å². The summed E-state index contributed by atoms with van der Waals surface area (Å²) in [5.41, 5.74) is -0.477. The monoisotopic (exact) mass is 390 g/mol. The first-order chi connectivity index (χ1) is 11.8. The molecule has 2 atom stereocenters. The second-order valence-electron chi connectivity index (χ2n) is 5.90. The minimum absolute atomic E-state index is 0.0680. The molecule has 2 unspecified atom stereocenters. The highest BCUT2D eigenvalue weighted by Gasteiger charge is 2.32. The summed E-state index contributed by atoms with van der Waals surface area (Å²) < 4.78 is 32.1. The maximum atomic E-state index is 12.4. The van der Waals surface area contributed by atoms with Gasteiger partial charge in [0, 0.05) is 12.6 Å². The summed E-state index contributed by atoms with van der Waals surface area (Å²) in [6.07, 6.45) is 3.17. The summed E-state index contributed by atoms with van der Waals surface area (Å²) in [7, 11) is -2.64. The van der Waals surface area contributed by atoms with Crippen molar-refractivity contribution in [2.24, 2.45) is 11.8 Å². The van der Waals surface area contributed by atoms with Crippen molar-refractivity contribution in [2.45, 2.75) is 30.6 Å². The lowest BCUT2D eigenvalue weighted by Crippen LogP contribution is -2.37. The third-order valence-corrected chi connectivity index (χ3v) is 6.11. The molecule has 1 aromatic carbocycles. The Labute approximate surface area is 150 Å². The molecule has 0 heterocycles. The normalized spacial score (nSPS) is 20.9. The number of ether oxygens (including phenoxy) is 1. The Balaban J connectivity index is 2.14. The summed E-state index contributed by atoms with van der Waals surface area (Å²) in [6, 6.07) is 3.30. The molecule has 2 rings (SSSR count). The molecular weight excluding hydrogens is 372 g/mol. The number of hydrogen-bond acceptors (Lipinski definition) is 6. The number of nitro groups is 1. The van der Waals surface area contributed by atoms with Crippen LogP contribution in [0.2, 0.25) is 5.02 Å². The Hall–Kier alpha value is -1.71. The maximum absolute atomic E-state index is 12.4. The van der Waals surface area contributed by atoms with Gasteiger partial charge in [0.2, 0.25) is 10.0 Å². The number of methoxy groups -OCH3 is 1. The number of esters is 1. The van der Waals surface area contributed by atoms with Crippen LogP contribution >= 0.6 is 11.6 Å². The largest absolute Gasteiger partial charge is 0.469 e. The summed E-state index contributed by atoms with van der Waals surface area (Å²) in [6.45, 7) is 0.0680. The fourth-order valence-corrected chi connectivity index (χ4v) is 4.31.